The van der Waals surface area contributed by atoms with Crippen LogP contribution in [-0.4, -0.2) is 34.7 Å². The molecule has 4 unspecified atom stereocenters. The van der Waals surface area contributed by atoms with Gasteiger partial charge in [-0.15, -0.1) is 11.3 Å². The predicted octanol–water partition coefficient (Wildman–Crippen LogP) is 18.9. The zero-order valence-corrected chi connectivity index (χ0v) is 54.1. The Bertz CT molecular complexity index is 3200. The van der Waals surface area contributed by atoms with E-state index in [4.69, 9.17) is 4.74 Å². The smallest absolute Gasteiger partial charge is 0.253 e. The normalized spacial score (nSPS) is 20.3. The highest BCUT2D eigenvalue weighted by atomic mass is 32.1. The number of ether oxygens (including phenoxy) is 1. The van der Waals surface area contributed by atoms with Gasteiger partial charge in [-0.05, 0) is 171 Å². The molecule has 4 nitrogen and oxygen atoms in total. The molecule has 4 aromatic carbocycles. The van der Waals surface area contributed by atoms with E-state index in [2.05, 4.69) is 277 Å². The van der Waals surface area contributed by atoms with Crippen molar-refractivity contribution >= 4 is 53.1 Å². The summed E-state index contributed by atoms with van der Waals surface area (Å²) in [5.41, 5.74) is 15.6. The first-order valence-electron chi connectivity index (χ1n) is 30.6. The van der Waals surface area contributed by atoms with E-state index in [-0.39, 0.29) is 40.4 Å². The Kier molecular flexibility index (Phi) is 18.2. The summed E-state index contributed by atoms with van der Waals surface area (Å²) in [4.78, 5) is 2.47. The van der Waals surface area contributed by atoms with Crippen LogP contribution in [0.5, 0.6) is 5.75 Å². The number of fused-ring (bicyclic) bond motifs is 5. The highest BCUT2D eigenvalue weighted by molar-refractivity contribution is 7.30. The number of anilines is 2. The molecule has 0 spiro atoms. The Balaban J connectivity index is 1.29. The molecule has 2 N–H and O–H groups in total. The van der Waals surface area contributed by atoms with Gasteiger partial charge in [0.2, 0.25) is 0 Å². The van der Waals surface area contributed by atoms with Crippen LogP contribution in [0.25, 0.3) is 10.1 Å². The highest BCUT2D eigenvalue weighted by Crippen LogP contribution is 2.48. The number of rotatable bonds is 19. The number of unbranched alkanes of at least 4 members (excludes halogenated alkanes) is 1. The van der Waals surface area contributed by atoms with Crippen molar-refractivity contribution in [3.63, 3.8) is 0 Å². The lowest BCUT2D eigenvalue weighted by atomic mass is 9.37. The summed E-state index contributed by atoms with van der Waals surface area (Å²) in [6.45, 7) is 39.0. The summed E-state index contributed by atoms with van der Waals surface area (Å²) in [5.74, 6) is 2.19. The number of benzene rings is 4. The fourth-order valence-electron chi connectivity index (χ4n) is 12.9. The molecular formula is C74H95BN3OSSi. The van der Waals surface area contributed by atoms with Crippen molar-refractivity contribution in [3.05, 3.63) is 213 Å². The van der Waals surface area contributed by atoms with Crippen molar-refractivity contribution in [2.45, 2.75) is 182 Å². The van der Waals surface area contributed by atoms with Gasteiger partial charge in [-0.3, -0.25) is 0 Å². The highest BCUT2D eigenvalue weighted by Gasteiger charge is 2.40. The Hall–Kier alpha value is -5.76. The summed E-state index contributed by atoms with van der Waals surface area (Å²) < 4.78 is 9.42. The molecule has 5 aromatic rings. The van der Waals surface area contributed by atoms with E-state index in [9.17, 15) is 0 Å². The summed E-state index contributed by atoms with van der Waals surface area (Å²) in [6.07, 6.45) is 31.1. The van der Waals surface area contributed by atoms with Crippen LogP contribution in [-0.2, 0) is 21.7 Å². The van der Waals surface area contributed by atoms with Crippen LogP contribution in [0.2, 0.25) is 13.1 Å². The van der Waals surface area contributed by atoms with Gasteiger partial charge in [0, 0.05) is 51.8 Å². The summed E-state index contributed by atoms with van der Waals surface area (Å²) in [5, 5.41) is 11.2. The monoisotopic (exact) mass is 1110 g/mol. The molecular weight excluding hydrogens is 1020 g/mol. The molecule has 9 rings (SSSR count). The van der Waals surface area contributed by atoms with Crippen LogP contribution in [0.4, 0.5) is 11.4 Å². The maximum Gasteiger partial charge on any atom is 0.253 e. The van der Waals surface area contributed by atoms with Crippen molar-refractivity contribution < 1.29 is 4.74 Å². The van der Waals surface area contributed by atoms with E-state index in [1.165, 1.54) is 96.6 Å². The Morgan fingerprint density at radius 2 is 1.51 bits per heavy atom. The number of nitrogens with zero attached hydrogens (tertiary/aromatic N) is 1. The van der Waals surface area contributed by atoms with Crippen molar-refractivity contribution in [1.29, 1.82) is 0 Å². The number of hydrogen-bond acceptors (Lipinski definition) is 5. The average molecular weight is 1110 g/mol. The molecule has 0 amide bonds. The topological polar surface area (TPSA) is 36.5 Å². The molecule has 3 aliphatic carbocycles. The van der Waals surface area contributed by atoms with Crippen LogP contribution in [0.3, 0.4) is 0 Å². The van der Waals surface area contributed by atoms with E-state index in [0.717, 1.165) is 34.9 Å². The lowest BCUT2D eigenvalue weighted by Crippen LogP contribution is -2.41. The number of allylic oxidation sites excluding steroid dienone is 11. The van der Waals surface area contributed by atoms with E-state index >= 15 is 0 Å². The summed E-state index contributed by atoms with van der Waals surface area (Å²) in [6, 6.07) is 35.0. The van der Waals surface area contributed by atoms with Crippen LogP contribution in [0.15, 0.2) is 185 Å². The standard InChI is InChI=1S/C74H95BN3OSSi/c1-17-19-24-50(3)52-30-36-56(37-31-52)75(69-47-53-46-61-62(48-68(53)80-69)74(13,14)43-42-73(61,11)12)63(49-77-64-27-22-29-67-70(64)60-26-20-21-28-66(60)79-67)65(76-44-23-25-59(18-2)81(15)16)45-51(4)78(57-38-32-54(33-39-57)71(5,6)7)58-40-34-55(35-41-58)72(8,9)10/h18,20-23,25-30,32-41,45-48,50,52,67,70,76-77H,17,19,24,31,42-44,49H2,1-16H3/b25-23-,51-45+,59-18+,65-63-. The minimum Gasteiger partial charge on any atom is -0.485 e. The maximum absolute atomic E-state index is 6.66. The van der Waals surface area contributed by atoms with E-state index in [1.54, 1.807) is 0 Å². The molecule has 1 aliphatic heterocycles. The first-order chi connectivity index (χ1) is 38.5. The van der Waals surface area contributed by atoms with E-state index < -0.39 is 8.80 Å². The fraction of sp³-hybridized carbons (Fsp3) is 0.432. The average Bonchev–Trinajstić information content (AvgIpc) is 4.05. The second-order valence-electron chi connectivity index (χ2n) is 27.5. The van der Waals surface area contributed by atoms with Crippen molar-refractivity contribution in [3.8, 4) is 5.75 Å². The number of hydrogen-bond donors (Lipinski definition) is 2. The lowest BCUT2D eigenvalue weighted by molar-refractivity contribution is 0.262. The Labute approximate surface area is 496 Å². The van der Waals surface area contributed by atoms with Crippen molar-refractivity contribution in [2.24, 2.45) is 11.8 Å². The minimum atomic E-state index is -0.647. The zero-order chi connectivity index (χ0) is 58.0. The third kappa shape index (κ3) is 13.4. The molecule has 2 heterocycles. The van der Waals surface area contributed by atoms with Crippen LogP contribution < -0.4 is 25.0 Å². The third-order valence-electron chi connectivity index (χ3n) is 18.3. The molecule has 0 bridgehead atoms. The molecule has 0 saturated carbocycles. The van der Waals surface area contributed by atoms with Crippen LogP contribution >= 0.6 is 11.3 Å². The van der Waals surface area contributed by atoms with Crippen molar-refractivity contribution in [1.82, 2.24) is 10.6 Å². The van der Waals surface area contributed by atoms with Gasteiger partial charge < -0.3 is 20.3 Å². The Morgan fingerprint density at radius 3 is 2.10 bits per heavy atom. The summed E-state index contributed by atoms with van der Waals surface area (Å²) in [7, 11) is -0.647. The largest absolute Gasteiger partial charge is 0.485 e. The third-order valence-corrected chi connectivity index (χ3v) is 21.0. The molecule has 0 fully saturated rings. The molecule has 425 valence electrons. The molecule has 7 heteroatoms. The molecule has 4 aliphatic rings. The molecule has 1 aromatic heterocycles. The van der Waals surface area contributed by atoms with Crippen molar-refractivity contribution in [2.75, 3.05) is 18.0 Å². The first-order valence-corrected chi connectivity index (χ1v) is 33.9. The SMILES string of the molecule is C/C=C(\C=C/CNC(/C=C(\C)N(c1ccc(C(C)(C)C)cc1)c1ccc(C(C)(C)C)cc1)=C(/CNC1=CC=CC2Oc3ccccc3C12)B(C1=CCC(C(C)CCCC)C=C1)c1cc2cc3c(cc2s1)C(C)(C)CCC3(C)C)[Si](C)C. The second kappa shape index (κ2) is 24.6. The van der Waals surface area contributed by atoms with Crippen LogP contribution in [0, 0.1) is 11.8 Å². The van der Waals surface area contributed by atoms with Crippen LogP contribution in [0.1, 0.15) is 169 Å². The number of para-hydroxylation sites is 1. The van der Waals surface area contributed by atoms with Gasteiger partial charge in [0.25, 0.3) is 6.71 Å². The quantitative estimate of drug-likeness (QED) is 0.0638. The maximum atomic E-state index is 6.66. The molecule has 0 saturated heterocycles. The molecule has 4 atom stereocenters. The van der Waals surface area contributed by atoms with Gasteiger partial charge in [-0.2, -0.15) is 0 Å². The number of nitrogens with one attached hydrogen (secondary N) is 2. The molecule has 1 radical (unpaired) electrons. The second-order valence-corrected chi connectivity index (χ2v) is 31.2. The minimum absolute atomic E-state index is 0.0293. The van der Waals surface area contributed by atoms with Gasteiger partial charge in [0.15, 0.2) is 0 Å². The fourth-order valence-corrected chi connectivity index (χ4v) is 15.1. The molecule has 81 heavy (non-hydrogen) atoms. The predicted molar refractivity (Wildman–Crippen MR) is 357 cm³/mol. The lowest BCUT2D eigenvalue weighted by Gasteiger charge is -2.41. The van der Waals surface area contributed by atoms with Gasteiger partial charge in [0.05, 0.1) is 14.7 Å². The van der Waals surface area contributed by atoms with E-state index in [0.29, 0.717) is 24.9 Å². The Morgan fingerprint density at radius 1 is 0.864 bits per heavy atom. The number of thiophene rings is 1. The van der Waals surface area contributed by atoms with E-state index in [1.807, 2.05) is 11.3 Å². The first kappa shape index (κ1) is 59.9. The van der Waals surface area contributed by atoms with Gasteiger partial charge in [-0.25, -0.2) is 0 Å². The van der Waals surface area contributed by atoms with Gasteiger partial charge >= 0.3 is 0 Å². The summed E-state index contributed by atoms with van der Waals surface area (Å²) >= 11 is 2.01. The van der Waals surface area contributed by atoms with Gasteiger partial charge in [-0.1, -0.05) is 211 Å². The zero-order valence-electron chi connectivity index (χ0n) is 52.2. The van der Waals surface area contributed by atoms with Gasteiger partial charge in [0.1, 0.15) is 11.9 Å².